The van der Waals surface area contributed by atoms with Gasteiger partial charge in [0.25, 0.3) is 0 Å². The van der Waals surface area contributed by atoms with E-state index in [0.717, 1.165) is 0 Å². The molecule has 0 aromatic carbocycles. The van der Waals surface area contributed by atoms with E-state index in [1.54, 1.807) is 18.6 Å². The Balaban J connectivity index is 2.25. The van der Waals surface area contributed by atoms with Crippen molar-refractivity contribution < 1.29 is 0 Å². The topological polar surface area (TPSA) is 64.5 Å². The first-order valence-electron chi connectivity index (χ1n) is 3.75. The van der Waals surface area contributed by atoms with Gasteiger partial charge in [0.2, 0.25) is 10.6 Å². The summed E-state index contributed by atoms with van der Waals surface area (Å²) in [5, 5.41) is 1.17. The number of halogens is 2. The molecular formula is C7H3Cl2N5S. The Kier molecular flexibility index (Phi) is 3.30. The number of aromatic nitrogens is 5. The fraction of sp³-hybridized carbons (Fsp3) is 0. The van der Waals surface area contributed by atoms with Crippen molar-refractivity contribution in [2.45, 2.75) is 10.2 Å². The lowest BCUT2D eigenvalue weighted by Gasteiger charge is -1.98. The summed E-state index contributed by atoms with van der Waals surface area (Å²) < 4.78 is 0. The van der Waals surface area contributed by atoms with E-state index in [0.29, 0.717) is 10.2 Å². The second-order valence-corrected chi connectivity index (χ2v) is 3.97. The van der Waals surface area contributed by atoms with Gasteiger partial charge in [0, 0.05) is 12.4 Å². The standard InChI is InChI=1S/C7H3Cl2N5S/c8-5-12-6(9)14-7(13-5)15-4-3-10-1-2-11-4/h1-3H. The number of hydrogen-bond donors (Lipinski definition) is 0. The predicted molar refractivity (Wildman–Crippen MR) is 56.0 cm³/mol. The van der Waals surface area contributed by atoms with Gasteiger partial charge in [-0.25, -0.2) is 4.98 Å². The van der Waals surface area contributed by atoms with Gasteiger partial charge in [-0.15, -0.1) is 0 Å². The van der Waals surface area contributed by atoms with Crippen molar-refractivity contribution in [2.75, 3.05) is 0 Å². The van der Waals surface area contributed by atoms with Crippen molar-refractivity contribution in [3.05, 3.63) is 29.2 Å². The Morgan fingerprint density at radius 1 is 1.00 bits per heavy atom. The molecule has 15 heavy (non-hydrogen) atoms. The first-order valence-corrected chi connectivity index (χ1v) is 5.32. The van der Waals surface area contributed by atoms with E-state index in [4.69, 9.17) is 23.2 Å². The number of nitrogens with zero attached hydrogens (tertiary/aromatic N) is 5. The first-order chi connectivity index (χ1) is 7.24. The monoisotopic (exact) mass is 259 g/mol. The van der Waals surface area contributed by atoms with Crippen molar-refractivity contribution in [3.8, 4) is 0 Å². The maximum Gasteiger partial charge on any atom is 0.227 e. The van der Waals surface area contributed by atoms with Crippen LogP contribution in [0.3, 0.4) is 0 Å². The molecule has 0 unspecified atom stereocenters. The molecule has 8 heteroatoms. The molecule has 0 amide bonds. The molecular weight excluding hydrogens is 257 g/mol. The maximum absolute atomic E-state index is 5.62. The Morgan fingerprint density at radius 3 is 2.33 bits per heavy atom. The van der Waals surface area contributed by atoms with Gasteiger partial charge in [-0.1, -0.05) is 0 Å². The van der Waals surface area contributed by atoms with Crippen LogP contribution in [0.1, 0.15) is 0 Å². The van der Waals surface area contributed by atoms with E-state index in [1.807, 2.05) is 0 Å². The fourth-order valence-electron chi connectivity index (χ4n) is 0.786. The second kappa shape index (κ2) is 4.69. The number of hydrogen-bond acceptors (Lipinski definition) is 6. The Labute approximate surface area is 99.3 Å². The van der Waals surface area contributed by atoms with Crippen LogP contribution in [0.15, 0.2) is 28.8 Å². The summed E-state index contributed by atoms with van der Waals surface area (Å²) in [5.41, 5.74) is 0. The van der Waals surface area contributed by atoms with Crippen LogP contribution in [0.5, 0.6) is 0 Å². The van der Waals surface area contributed by atoms with E-state index < -0.39 is 0 Å². The third-order valence-electron chi connectivity index (χ3n) is 1.30. The van der Waals surface area contributed by atoms with Crippen molar-refractivity contribution in [3.63, 3.8) is 0 Å². The number of rotatable bonds is 2. The average Bonchev–Trinajstić information content (AvgIpc) is 2.17. The van der Waals surface area contributed by atoms with Gasteiger partial charge in [-0.05, 0) is 35.0 Å². The molecule has 0 saturated heterocycles. The summed E-state index contributed by atoms with van der Waals surface area (Å²) >= 11 is 12.5. The zero-order valence-corrected chi connectivity index (χ0v) is 9.46. The molecule has 76 valence electrons. The molecule has 2 aromatic heterocycles. The highest BCUT2D eigenvalue weighted by Gasteiger charge is 2.05. The van der Waals surface area contributed by atoms with Crippen molar-refractivity contribution in [2.24, 2.45) is 0 Å². The van der Waals surface area contributed by atoms with Crippen molar-refractivity contribution in [1.29, 1.82) is 0 Å². The lowest BCUT2D eigenvalue weighted by Crippen LogP contribution is -1.92. The zero-order valence-electron chi connectivity index (χ0n) is 7.13. The van der Waals surface area contributed by atoms with Gasteiger partial charge in [0.1, 0.15) is 5.03 Å². The van der Waals surface area contributed by atoms with Crippen LogP contribution in [0, 0.1) is 0 Å². The van der Waals surface area contributed by atoms with Gasteiger partial charge in [-0.3, -0.25) is 4.98 Å². The molecule has 0 N–H and O–H groups in total. The summed E-state index contributed by atoms with van der Waals surface area (Å²) in [7, 11) is 0. The molecule has 2 rings (SSSR count). The summed E-state index contributed by atoms with van der Waals surface area (Å²) in [6, 6.07) is 0. The molecule has 0 aliphatic heterocycles. The highest BCUT2D eigenvalue weighted by atomic mass is 35.5. The van der Waals surface area contributed by atoms with E-state index in [1.165, 1.54) is 11.8 Å². The molecule has 5 nitrogen and oxygen atoms in total. The fourth-order valence-corrected chi connectivity index (χ4v) is 1.93. The lowest BCUT2D eigenvalue weighted by atomic mass is 10.8. The van der Waals surface area contributed by atoms with Gasteiger partial charge in [0.05, 0.1) is 6.20 Å². The van der Waals surface area contributed by atoms with Crippen LogP contribution in [0.4, 0.5) is 0 Å². The molecule has 0 radical (unpaired) electrons. The van der Waals surface area contributed by atoms with Gasteiger partial charge in [0.15, 0.2) is 5.16 Å². The molecule has 0 atom stereocenters. The largest absolute Gasteiger partial charge is 0.260 e. The second-order valence-electron chi connectivity index (χ2n) is 2.30. The molecule has 2 heterocycles. The quantitative estimate of drug-likeness (QED) is 0.824. The normalized spacial score (nSPS) is 10.3. The van der Waals surface area contributed by atoms with Gasteiger partial charge >= 0.3 is 0 Å². The minimum absolute atomic E-state index is 0.0568. The van der Waals surface area contributed by atoms with Crippen LogP contribution in [0.25, 0.3) is 0 Å². The molecule has 0 saturated carbocycles. The third kappa shape index (κ3) is 2.98. The lowest BCUT2D eigenvalue weighted by molar-refractivity contribution is 0.899. The van der Waals surface area contributed by atoms with E-state index >= 15 is 0 Å². The Morgan fingerprint density at radius 2 is 1.73 bits per heavy atom. The van der Waals surface area contributed by atoms with Crippen LogP contribution < -0.4 is 0 Å². The van der Waals surface area contributed by atoms with E-state index in [2.05, 4.69) is 24.9 Å². The van der Waals surface area contributed by atoms with Crippen LogP contribution >= 0.6 is 35.0 Å². The Hall–Kier alpha value is -0.980. The molecule has 0 aliphatic rings. The van der Waals surface area contributed by atoms with E-state index in [9.17, 15) is 0 Å². The molecule has 2 aromatic rings. The zero-order chi connectivity index (χ0) is 10.7. The van der Waals surface area contributed by atoms with Crippen molar-refractivity contribution >= 4 is 35.0 Å². The SMILES string of the molecule is Clc1nc(Cl)nc(Sc2cnccn2)n1. The first kappa shape index (κ1) is 10.5. The summed E-state index contributed by atoms with van der Waals surface area (Å²) in [6.07, 6.45) is 4.75. The minimum Gasteiger partial charge on any atom is -0.260 e. The summed E-state index contributed by atoms with van der Waals surface area (Å²) in [4.78, 5) is 19.4. The molecule has 0 fully saturated rings. The van der Waals surface area contributed by atoms with Crippen molar-refractivity contribution in [1.82, 2.24) is 24.9 Å². The highest BCUT2D eigenvalue weighted by molar-refractivity contribution is 7.99. The summed E-state index contributed by atoms with van der Waals surface area (Å²) in [6.45, 7) is 0. The van der Waals surface area contributed by atoms with E-state index in [-0.39, 0.29) is 10.6 Å². The average molecular weight is 260 g/mol. The smallest absolute Gasteiger partial charge is 0.227 e. The molecule has 0 spiro atoms. The van der Waals surface area contributed by atoms with Crippen LogP contribution in [-0.4, -0.2) is 24.9 Å². The minimum atomic E-state index is 0.0568. The third-order valence-corrected chi connectivity index (χ3v) is 2.42. The van der Waals surface area contributed by atoms with Gasteiger partial charge in [-0.2, -0.15) is 15.0 Å². The summed E-state index contributed by atoms with van der Waals surface area (Å²) in [5.74, 6) is 0. The predicted octanol–water partition coefficient (Wildman–Crippen LogP) is 2.12. The Bertz CT molecular complexity index is 446. The van der Waals surface area contributed by atoms with Crippen LogP contribution in [0.2, 0.25) is 10.6 Å². The molecule has 0 aliphatic carbocycles. The highest BCUT2D eigenvalue weighted by Crippen LogP contribution is 2.22. The maximum atomic E-state index is 5.62. The molecule has 0 bridgehead atoms. The van der Waals surface area contributed by atoms with Gasteiger partial charge < -0.3 is 0 Å². The van der Waals surface area contributed by atoms with Crippen LogP contribution in [-0.2, 0) is 0 Å².